The van der Waals surface area contributed by atoms with Crippen molar-refractivity contribution < 1.29 is 14.3 Å². The predicted molar refractivity (Wildman–Crippen MR) is 88.3 cm³/mol. The van der Waals surface area contributed by atoms with Gasteiger partial charge in [0.25, 0.3) is 0 Å². The molecule has 5 heteroatoms. The lowest BCUT2D eigenvalue weighted by Crippen LogP contribution is -2.50. The van der Waals surface area contributed by atoms with Crippen LogP contribution in [0.1, 0.15) is 36.8 Å². The summed E-state index contributed by atoms with van der Waals surface area (Å²) in [7, 11) is 3.41. The molecule has 1 aromatic carbocycles. The minimum Gasteiger partial charge on any atom is -0.496 e. The lowest BCUT2D eigenvalue weighted by atomic mass is 9.80. The van der Waals surface area contributed by atoms with E-state index in [1.165, 1.54) is 0 Å². The summed E-state index contributed by atoms with van der Waals surface area (Å²) in [6.45, 7) is 0.679. The Hall–Kier alpha value is -1.59. The molecule has 126 valence electrons. The van der Waals surface area contributed by atoms with Crippen molar-refractivity contribution in [1.29, 1.82) is 0 Å². The van der Waals surface area contributed by atoms with Crippen molar-refractivity contribution in [2.24, 2.45) is 11.7 Å². The van der Waals surface area contributed by atoms with Crippen molar-refractivity contribution in [2.75, 3.05) is 20.8 Å². The molecule has 0 heterocycles. The van der Waals surface area contributed by atoms with Gasteiger partial charge in [0.15, 0.2) is 0 Å². The quantitative estimate of drug-likeness (QED) is 0.838. The average molecular weight is 318 g/mol. The van der Waals surface area contributed by atoms with Crippen LogP contribution in [0.3, 0.4) is 0 Å². The SMILES string of the molecule is COc1cccc2c1CCC2(N)C(=O)NCCC1CC(OC)C1. The largest absolute Gasteiger partial charge is 0.496 e. The fourth-order valence-corrected chi connectivity index (χ4v) is 3.78. The summed E-state index contributed by atoms with van der Waals surface area (Å²) >= 11 is 0. The topological polar surface area (TPSA) is 73.6 Å². The van der Waals surface area contributed by atoms with Crippen LogP contribution in [0.25, 0.3) is 0 Å². The van der Waals surface area contributed by atoms with E-state index in [0.29, 0.717) is 25.0 Å². The van der Waals surface area contributed by atoms with E-state index in [0.717, 1.165) is 42.6 Å². The van der Waals surface area contributed by atoms with Crippen LogP contribution in [0.15, 0.2) is 18.2 Å². The molecular formula is C18H26N2O3. The van der Waals surface area contributed by atoms with Gasteiger partial charge in [0.05, 0.1) is 13.2 Å². The first-order valence-corrected chi connectivity index (χ1v) is 8.35. The zero-order valence-corrected chi connectivity index (χ0v) is 13.9. The molecule has 1 saturated carbocycles. The average Bonchev–Trinajstić information content (AvgIpc) is 2.88. The lowest BCUT2D eigenvalue weighted by Gasteiger charge is -2.34. The van der Waals surface area contributed by atoms with Crippen LogP contribution < -0.4 is 15.8 Å². The van der Waals surface area contributed by atoms with Crippen molar-refractivity contribution in [2.45, 2.75) is 43.7 Å². The maximum atomic E-state index is 12.6. The summed E-state index contributed by atoms with van der Waals surface area (Å²) < 4.78 is 10.7. The Morgan fingerprint density at radius 1 is 1.39 bits per heavy atom. The van der Waals surface area contributed by atoms with Crippen molar-refractivity contribution >= 4 is 5.91 Å². The van der Waals surface area contributed by atoms with Gasteiger partial charge in [0.1, 0.15) is 11.3 Å². The molecule has 2 aliphatic carbocycles. The van der Waals surface area contributed by atoms with E-state index in [4.69, 9.17) is 15.2 Å². The molecular weight excluding hydrogens is 292 g/mol. The van der Waals surface area contributed by atoms with E-state index in [-0.39, 0.29) is 5.91 Å². The molecule has 0 aromatic heterocycles. The number of hydrogen-bond acceptors (Lipinski definition) is 4. The highest BCUT2D eigenvalue weighted by Gasteiger charge is 2.42. The Bertz CT molecular complexity index is 584. The smallest absolute Gasteiger partial charge is 0.244 e. The van der Waals surface area contributed by atoms with Crippen molar-refractivity contribution in [3.8, 4) is 5.75 Å². The Morgan fingerprint density at radius 2 is 2.17 bits per heavy atom. The molecule has 1 amide bonds. The van der Waals surface area contributed by atoms with E-state index in [1.54, 1.807) is 14.2 Å². The first-order valence-electron chi connectivity index (χ1n) is 8.35. The first-order chi connectivity index (χ1) is 11.1. The molecule has 0 aliphatic heterocycles. The minimum absolute atomic E-state index is 0.0767. The van der Waals surface area contributed by atoms with E-state index >= 15 is 0 Å². The standard InChI is InChI=1S/C18H26N2O3/c1-22-13-10-12(11-13)7-9-20-17(21)18(19)8-6-14-15(18)4-3-5-16(14)23-2/h3-5,12-13H,6-11,19H2,1-2H3,(H,20,21). The molecule has 2 aliphatic rings. The number of methoxy groups -OCH3 is 2. The van der Waals surface area contributed by atoms with Gasteiger partial charge in [-0.25, -0.2) is 0 Å². The summed E-state index contributed by atoms with van der Waals surface area (Å²) in [6, 6.07) is 5.77. The number of amides is 1. The molecule has 0 spiro atoms. The van der Waals surface area contributed by atoms with Gasteiger partial charge in [-0.15, -0.1) is 0 Å². The molecule has 1 atom stereocenters. The Kier molecular flexibility index (Phi) is 4.60. The number of nitrogens with two attached hydrogens (primary N) is 1. The van der Waals surface area contributed by atoms with Gasteiger partial charge < -0.3 is 20.5 Å². The Morgan fingerprint density at radius 3 is 2.87 bits per heavy atom. The van der Waals surface area contributed by atoms with Gasteiger partial charge in [-0.2, -0.15) is 0 Å². The highest BCUT2D eigenvalue weighted by atomic mass is 16.5. The number of nitrogens with one attached hydrogen (secondary N) is 1. The van der Waals surface area contributed by atoms with E-state index in [1.807, 2.05) is 18.2 Å². The number of rotatable bonds is 6. The van der Waals surface area contributed by atoms with E-state index < -0.39 is 5.54 Å². The van der Waals surface area contributed by atoms with Crippen LogP contribution in [0.4, 0.5) is 0 Å². The summed E-state index contributed by atoms with van der Waals surface area (Å²) in [5, 5.41) is 3.03. The molecule has 3 rings (SSSR count). The number of hydrogen-bond donors (Lipinski definition) is 2. The number of fused-ring (bicyclic) bond motifs is 1. The third-order valence-corrected chi connectivity index (χ3v) is 5.37. The van der Waals surface area contributed by atoms with Crippen LogP contribution >= 0.6 is 0 Å². The predicted octanol–water partition coefficient (Wildman–Crippen LogP) is 1.73. The molecule has 0 saturated heterocycles. The van der Waals surface area contributed by atoms with Crippen molar-refractivity contribution in [3.05, 3.63) is 29.3 Å². The lowest BCUT2D eigenvalue weighted by molar-refractivity contribution is -0.126. The molecule has 1 aromatic rings. The van der Waals surface area contributed by atoms with Gasteiger partial charge in [0, 0.05) is 13.7 Å². The summed E-state index contributed by atoms with van der Waals surface area (Å²) in [4.78, 5) is 12.6. The van der Waals surface area contributed by atoms with Crippen LogP contribution in [0, 0.1) is 5.92 Å². The molecule has 3 N–H and O–H groups in total. The number of carbonyl (C=O) groups excluding carboxylic acids is 1. The normalized spacial score (nSPS) is 28.8. The monoisotopic (exact) mass is 318 g/mol. The Labute approximate surface area is 137 Å². The third kappa shape index (κ3) is 2.95. The second kappa shape index (κ2) is 6.49. The molecule has 1 fully saturated rings. The van der Waals surface area contributed by atoms with Crippen LogP contribution in [0.2, 0.25) is 0 Å². The summed E-state index contributed by atoms with van der Waals surface area (Å²) in [5.74, 6) is 1.40. The molecule has 0 radical (unpaired) electrons. The number of ether oxygens (including phenoxy) is 2. The van der Waals surface area contributed by atoms with Gasteiger partial charge in [-0.05, 0) is 55.2 Å². The zero-order valence-electron chi connectivity index (χ0n) is 13.9. The fraction of sp³-hybridized carbons (Fsp3) is 0.611. The van der Waals surface area contributed by atoms with Crippen molar-refractivity contribution in [3.63, 3.8) is 0 Å². The second-order valence-corrected chi connectivity index (χ2v) is 6.70. The third-order valence-electron chi connectivity index (χ3n) is 5.37. The van der Waals surface area contributed by atoms with Crippen LogP contribution in [-0.4, -0.2) is 32.8 Å². The number of carbonyl (C=O) groups is 1. The van der Waals surface area contributed by atoms with E-state index in [9.17, 15) is 4.79 Å². The van der Waals surface area contributed by atoms with Gasteiger partial charge in [-0.3, -0.25) is 4.79 Å². The molecule has 5 nitrogen and oxygen atoms in total. The second-order valence-electron chi connectivity index (χ2n) is 6.70. The summed E-state index contributed by atoms with van der Waals surface area (Å²) in [6.07, 6.45) is 5.00. The number of benzene rings is 1. The highest BCUT2D eigenvalue weighted by molar-refractivity contribution is 5.89. The zero-order chi connectivity index (χ0) is 16.4. The Balaban J connectivity index is 1.58. The van der Waals surface area contributed by atoms with Gasteiger partial charge in [-0.1, -0.05) is 12.1 Å². The van der Waals surface area contributed by atoms with Gasteiger partial charge >= 0.3 is 0 Å². The minimum atomic E-state index is -0.932. The summed E-state index contributed by atoms with van der Waals surface area (Å²) in [5.41, 5.74) is 7.49. The maximum absolute atomic E-state index is 12.6. The van der Waals surface area contributed by atoms with Crippen LogP contribution in [0.5, 0.6) is 5.75 Å². The highest BCUT2D eigenvalue weighted by Crippen LogP contribution is 2.40. The molecule has 23 heavy (non-hydrogen) atoms. The first kappa shape index (κ1) is 16.3. The fourth-order valence-electron chi connectivity index (χ4n) is 3.78. The van der Waals surface area contributed by atoms with E-state index in [2.05, 4.69) is 5.32 Å². The van der Waals surface area contributed by atoms with Crippen molar-refractivity contribution in [1.82, 2.24) is 5.32 Å². The molecule has 0 bridgehead atoms. The van der Waals surface area contributed by atoms with Crippen LogP contribution in [-0.2, 0) is 21.5 Å². The molecule has 1 unspecified atom stereocenters. The maximum Gasteiger partial charge on any atom is 0.244 e. The van der Waals surface area contributed by atoms with Gasteiger partial charge in [0.2, 0.25) is 5.91 Å².